The van der Waals surface area contributed by atoms with Gasteiger partial charge >= 0.3 is 0 Å². The molecule has 0 aliphatic rings. The van der Waals surface area contributed by atoms with Crippen LogP contribution in [0.2, 0.25) is 5.02 Å². The van der Waals surface area contributed by atoms with Crippen molar-refractivity contribution >= 4 is 11.6 Å². The maximum atomic E-state index is 6.23. The first-order valence-corrected chi connectivity index (χ1v) is 7.68. The highest BCUT2D eigenvalue weighted by Gasteiger charge is 2.04. The van der Waals surface area contributed by atoms with E-state index in [-0.39, 0.29) is 0 Å². The van der Waals surface area contributed by atoms with E-state index in [1.54, 1.807) is 0 Å². The summed E-state index contributed by atoms with van der Waals surface area (Å²) in [7, 11) is 0. The Balaban J connectivity index is 1.99. The van der Waals surface area contributed by atoms with Gasteiger partial charge < -0.3 is 10.5 Å². The molecule has 0 fully saturated rings. The summed E-state index contributed by atoms with van der Waals surface area (Å²) in [5, 5.41) is 0.639. The fraction of sp³-hybridized carbons (Fsp3) is 0.333. The van der Waals surface area contributed by atoms with Crippen molar-refractivity contribution in [2.45, 2.75) is 32.8 Å². The third-order valence-corrected chi connectivity index (χ3v) is 3.77. The van der Waals surface area contributed by atoms with Gasteiger partial charge in [0, 0.05) is 0 Å². The van der Waals surface area contributed by atoms with E-state index in [0.29, 0.717) is 29.8 Å². The highest BCUT2D eigenvalue weighted by molar-refractivity contribution is 6.32. The standard InChI is InChI=1S/C18H22ClNO/c1-13(2)16-6-3-15(4-7-16)12-21-18-8-5-14(9-10-20)11-17(18)19/h3-8,11,13H,9-10,12,20H2,1-2H3. The number of benzene rings is 2. The van der Waals surface area contributed by atoms with Gasteiger partial charge in [0.05, 0.1) is 5.02 Å². The van der Waals surface area contributed by atoms with Crippen molar-refractivity contribution < 1.29 is 4.74 Å². The van der Waals surface area contributed by atoms with Gasteiger partial charge in [-0.1, -0.05) is 55.8 Å². The monoisotopic (exact) mass is 303 g/mol. The molecule has 0 aliphatic carbocycles. The van der Waals surface area contributed by atoms with Gasteiger partial charge in [-0.3, -0.25) is 0 Å². The average Bonchev–Trinajstić information content (AvgIpc) is 2.47. The summed E-state index contributed by atoms with van der Waals surface area (Å²) in [6, 6.07) is 14.3. The summed E-state index contributed by atoms with van der Waals surface area (Å²) in [5.74, 6) is 1.26. The second-order valence-electron chi connectivity index (χ2n) is 5.49. The first-order valence-electron chi connectivity index (χ1n) is 7.30. The summed E-state index contributed by atoms with van der Waals surface area (Å²) in [6.07, 6.45) is 0.830. The SMILES string of the molecule is CC(C)c1ccc(COc2ccc(CCN)cc2Cl)cc1. The lowest BCUT2D eigenvalue weighted by Crippen LogP contribution is -2.03. The summed E-state index contributed by atoms with van der Waals surface area (Å²) in [5.41, 5.74) is 9.15. The third kappa shape index (κ3) is 4.48. The Morgan fingerprint density at radius 2 is 1.71 bits per heavy atom. The Hall–Kier alpha value is -1.51. The van der Waals surface area contributed by atoms with Crippen LogP contribution in [0.5, 0.6) is 5.75 Å². The third-order valence-electron chi connectivity index (χ3n) is 3.47. The van der Waals surface area contributed by atoms with E-state index in [9.17, 15) is 0 Å². The van der Waals surface area contributed by atoms with Crippen molar-refractivity contribution in [1.82, 2.24) is 0 Å². The Morgan fingerprint density at radius 1 is 1.05 bits per heavy atom. The molecular formula is C18H22ClNO. The van der Waals surface area contributed by atoms with Crippen LogP contribution in [0.4, 0.5) is 0 Å². The minimum Gasteiger partial charge on any atom is -0.487 e. The smallest absolute Gasteiger partial charge is 0.138 e. The summed E-state index contributed by atoms with van der Waals surface area (Å²) < 4.78 is 5.79. The van der Waals surface area contributed by atoms with Crippen molar-refractivity contribution in [3.63, 3.8) is 0 Å². The molecule has 0 aromatic heterocycles. The number of ether oxygens (including phenoxy) is 1. The van der Waals surface area contributed by atoms with Crippen LogP contribution in [0.15, 0.2) is 42.5 Å². The van der Waals surface area contributed by atoms with Gasteiger partial charge in [0.25, 0.3) is 0 Å². The first kappa shape index (κ1) is 15.9. The largest absolute Gasteiger partial charge is 0.487 e. The molecule has 2 N–H and O–H groups in total. The minimum atomic E-state index is 0.522. The number of halogens is 1. The molecule has 0 bridgehead atoms. The predicted molar refractivity (Wildman–Crippen MR) is 89.1 cm³/mol. The molecule has 0 unspecified atom stereocenters. The van der Waals surface area contributed by atoms with E-state index in [0.717, 1.165) is 17.5 Å². The summed E-state index contributed by atoms with van der Waals surface area (Å²) in [6.45, 7) is 5.52. The molecule has 2 nitrogen and oxygen atoms in total. The molecule has 21 heavy (non-hydrogen) atoms. The van der Waals surface area contributed by atoms with Crippen LogP contribution in [0.25, 0.3) is 0 Å². The van der Waals surface area contributed by atoms with Crippen LogP contribution in [0.3, 0.4) is 0 Å². The molecule has 2 rings (SSSR count). The Morgan fingerprint density at radius 3 is 2.29 bits per heavy atom. The highest BCUT2D eigenvalue weighted by Crippen LogP contribution is 2.26. The van der Waals surface area contributed by atoms with E-state index >= 15 is 0 Å². The lowest BCUT2D eigenvalue weighted by atomic mass is 10.0. The number of hydrogen-bond acceptors (Lipinski definition) is 2. The molecule has 0 saturated carbocycles. The highest BCUT2D eigenvalue weighted by atomic mass is 35.5. The van der Waals surface area contributed by atoms with Crippen LogP contribution < -0.4 is 10.5 Å². The lowest BCUT2D eigenvalue weighted by Gasteiger charge is -2.11. The average molecular weight is 304 g/mol. The minimum absolute atomic E-state index is 0.522. The van der Waals surface area contributed by atoms with Gasteiger partial charge in [-0.05, 0) is 47.7 Å². The van der Waals surface area contributed by atoms with Gasteiger partial charge in [0.1, 0.15) is 12.4 Å². The van der Waals surface area contributed by atoms with E-state index in [4.69, 9.17) is 22.1 Å². The van der Waals surface area contributed by atoms with E-state index in [2.05, 4.69) is 38.1 Å². The maximum absolute atomic E-state index is 6.23. The van der Waals surface area contributed by atoms with Crippen LogP contribution >= 0.6 is 11.6 Å². The zero-order valence-corrected chi connectivity index (χ0v) is 13.4. The van der Waals surface area contributed by atoms with Gasteiger partial charge in [-0.15, -0.1) is 0 Å². The predicted octanol–water partition coefficient (Wildman–Crippen LogP) is 4.54. The zero-order valence-electron chi connectivity index (χ0n) is 12.6. The normalized spacial score (nSPS) is 10.9. The first-order chi connectivity index (χ1) is 10.1. The van der Waals surface area contributed by atoms with Gasteiger partial charge in [0.2, 0.25) is 0 Å². The second kappa shape index (κ2) is 7.48. The van der Waals surface area contributed by atoms with E-state index in [1.807, 2.05) is 18.2 Å². The summed E-state index contributed by atoms with van der Waals surface area (Å²) >= 11 is 6.23. The van der Waals surface area contributed by atoms with Crippen molar-refractivity contribution in [2.24, 2.45) is 5.73 Å². The molecule has 0 amide bonds. The van der Waals surface area contributed by atoms with Crippen LogP contribution in [0.1, 0.15) is 36.5 Å². The molecule has 112 valence electrons. The Labute approximate surface area is 131 Å². The molecule has 0 saturated heterocycles. The molecule has 0 atom stereocenters. The van der Waals surface area contributed by atoms with Crippen LogP contribution in [0, 0.1) is 0 Å². The fourth-order valence-corrected chi connectivity index (χ4v) is 2.40. The number of nitrogens with two attached hydrogens (primary N) is 1. The van der Waals surface area contributed by atoms with E-state index < -0.39 is 0 Å². The molecular weight excluding hydrogens is 282 g/mol. The number of hydrogen-bond donors (Lipinski definition) is 1. The van der Waals surface area contributed by atoms with Gasteiger partial charge in [-0.2, -0.15) is 0 Å². The summed E-state index contributed by atoms with van der Waals surface area (Å²) in [4.78, 5) is 0. The second-order valence-corrected chi connectivity index (χ2v) is 5.90. The quantitative estimate of drug-likeness (QED) is 0.850. The molecule has 2 aromatic rings. The fourth-order valence-electron chi connectivity index (χ4n) is 2.14. The molecule has 2 aromatic carbocycles. The van der Waals surface area contributed by atoms with Crippen LogP contribution in [-0.4, -0.2) is 6.54 Å². The molecule has 0 spiro atoms. The molecule has 0 heterocycles. The van der Waals surface area contributed by atoms with Crippen molar-refractivity contribution in [2.75, 3.05) is 6.54 Å². The molecule has 0 radical (unpaired) electrons. The Kier molecular flexibility index (Phi) is 5.66. The number of rotatable bonds is 6. The van der Waals surface area contributed by atoms with E-state index in [1.165, 1.54) is 5.56 Å². The maximum Gasteiger partial charge on any atom is 0.138 e. The van der Waals surface area contributed by atoms with Crippen molar-refractivity contribution in [3.8, 4) is 5.75 Å². The molecule has 0 aliphatic heterocycles. The molecule has 3 heteroatoms. The van der Waals surface area contributed by atoms with Crippen molar-refractivity contribution in [1.29, 1.82) is 0 Å². The van der Waals surface area contributed by atoms with Gasteiger partial charge in [0.15, 0.2) is 0 Å². The Bertz CT molecular complexity index is 578. The topological polar surface area (TPSA) is 35.2 Å². The van der Waals surface area contributed by atoms with Crippen molar-refractivity contribution in [3.05, 3.63) is 64.2 Å². The van der Waals surface area contributed by atoms with Crippen LogP contribution in [-0.2, 0) is 13.0 Å². The lowest BCUT2D eigenvalue weighted by molar-refractivity contribution is 0.306. The zero-order chi connectivity index (χ0) is 15.2. The van der Waals surface area contributed by atoms with Gasteiger partial charge in [-0.25, -0.2) is 0 Å².